The van der Waals surface area contributed by atoms with Crippen molar-refractivity contribution in [1.82, 2.24) is 20.2 Å². The van der Waals surface area contributed by atoms with Crippen molar-refractivity contribution >= 4 is 29.2 Å². The number of amides is 1. The van der Waals surface area contributed by atoms with Crippen molar-refractivity contribution in [3.8, 4) is 0 Å². The lowest BCUT2D eigenvalue weighted by Gasteiger charge is -2.31. The molecule has 1 amide bonds. The van der Waals surface area contributed by atoms with Gasteiger partial charge in [0.1, 0.15) is 5.82 Å². The van der Waals surface area contributed by atoms with Crippen LogP contribution in [0.25, 0.3) is 10.9 Å². The molecule has 2 aromatic rings. The number of piperidine rings is 1. The third-order valence-corrected chi connectivity index (χ3v) is 4.67. The molecule has 1 aromatic heterocycles. The Morgan fingerprint density at radius 2 is 2.12 bits per heavy atom. The van der Waals surface area contributed by atoms with Crippen LogP contribution in [0.2, 0.25) is 0 Å². The van der Waals surface area contributed by atoms with E-state index in [1.165, 1.54) is 0 Å². The molecule has 2 heterocycles. The van der Waals surface area contributed by atoms with Crippen LogP contribution in [0, 0.1) is 5.92 Å². The molecule has 25 heavy (non-hydrogen) atoms. The second-order valence-corrected chi connectivity index (χ2v) is 6.46. The molecule has 1 aliphatic heterocycles. The molecule has 1 aliphatic rings. The van der Waals surface area contributed by atoms with Gasteiger partial charge in [0.2, 0.25) is 5.91 Å². The number of carbonyl (C=O) groups excluding carboxylic acids is 1. The van der Waals surface area contributed by atoms with E-state index >= 15 is 0 Å². The lowest BCUT2D eigenvalue weighted by atomic mass is 9.92. The van der Waals surface area contributed by atoms with Crippen LogP contribution in [0.4, 0.5) is 0 Å². The number of nitrogens with one attached hydrogen (secondary N) is 2. The van der Waals surface area contributed by atoms with Gasteiger partial charge in [-0.1, -0.05) is 12.1 Å². The van der Waals surface area contributed by atoms with Crippen LogP contribution in [-0.4, -0.2) is 39.9 Å². The summed E-state index contributed by atoms with van der Waals surface area (Å²) in [6.45, 7) is 5.89. The predicted octanol–water partition coefficient (Wildman–Crippen LogP) is 2.08. The van der Waals surface area contributed by atoms with E-state index in [0.29, 0.717) is 35.9 Å². The lowest BCUT2D eigenvalue weighted by Crippen LogP contribution is -2.44. The zero-order valence-electron chi connectivity index (χ0n) is 14.6. The SMILES string of the molecule is CCN(Cc1nc2ccccc2c(=O)[nH]1)C(=O)[C@H]1CCN[C@@H](C)C1.Cl. The first-order valence-electron chi connectivity index (χ1n) is 8.58. The van der Waals surface area contributed by atoms with Crippen molar-refractivity contribution in [3.05, 3.63) is 40.4 Å². The number of aromatic nitrogens is 2. The molecule has 136 valence electrons. The Morgan fingerprint density at radius 3 is 2.84 bits per heavy atom. The minimum absolute atomic E-state index is 0. The number of hydrogen-bond donors (Lipinski definition) is 2. The van der Waals surface area contributed by atoms with Crippen LogP contribution in [0.3, 0.4) is 0 Å². The highest BCUT2D eigenvalue weighted by molar-refractivity contribution is 5.85. The highest BCUT2D eigenvalue weighted by Crippen LogP contribution is 2.19. The molecule has 1 aromatic carbocycles. The number of carbonyl (C=O) groups is 1. The second kappa shape index (κ2) is 8.45. The summed E-state index contributed by atoms with van der Waals surface area (Å²) < 4.78 is 0. The number of aromatic amines is 1. The van der Waals surface area contributed by atoms with E-state index in [4.69, 9.17) is 0 Å². The maximum Gasteiger partial charge on any atom is 0.258 e. The number of nitrogens with zero attached hydrogens (tertiary/aromatic N) is 2. The molecule has 3 rings (SSSR count). The Hall–Kier alpha value is -1.92. The molecule has 2 atom stereocenters. The van der Waals surface area contributed by atoms with Gasteiger partial charge in [0, 0.05) is 18.5 Å². The van der Waals surface area contributed by atoms with E-state index in [1.807, 2.05) is 25.1 Å². The van der Waals surface area contributed by atoms with Gasteiger partial charge >= 0.3 is 0 Å². The smallest absolute Gasteiger partial charge is 0.258 e. The minimum atomic E-state index is -0.158. The maximum atomic E-state index is 12.8. The van der Waals surface area contributed by atoms with Gasteiger partial charge in [-0.3, -0.25) is 9.59 Å². The largest absolute Gasteiger partial charge is 0.335 e. The number of benzene rings is 1. The summed E-state index contributed by atoms with van der Waals surface area (Å²) in [5.41, 5.74) is 0.504. The monoisotopic (exact) mass is 364 g/mol. The van der Waals surface area contributed by atoms with Gasteiger partial charge < -0.3 is 15.2 Å². The van der Waals surface area contributed by atoms with Crippen molar-refractivity contribution in [2.45, 2.75) is 39.3 Å². The molecule has 2 N–H and O–H groups in total. The summed E-state index contributed by atoms with van der Waals surface area (Å²) in [6, 6.07) is 7.62. The van der Waals surface area contributed by atoms with Gasteiger partial charge in [0.15, 0.2) is 0 Å². The zero-order chi connectivity index (χ0) is 17.1. The van der Waals surface area contributed by atoms with Gasteiger partial charge in [0.05, 0.1) is 17.4 Å². The van der Waals surface area contributed by atoms with Gasteiger partial charge in [0.25, 0.3) is 5.56 Å². The summed E-state index contributed by atoms with van der Waals surface area (Å²) >= 11 is 0. The molecule has 1 saturated heterocycles. The number of rotatable bonds is 4. The van der Waals surface area contributed by atoms with Crippen LogP contribution < -0.4 is 10.9 Å². The summed E-state index contributed by atoms with van der Waals surface area (Å²) in [4.78, 5) is 34.1. The fraction of sp³-hybridized carbons (Fsp3) is 0.500. The van der Waals surface area contributed by atoms with Crippen molar-refractivity contribution in [3.63, 3.8) is 0 Å². The standard InChI is InChI=1S/C18H24N4O2.ClH/c1-3-22(18(24)13-8-9-19-12(2)10-13)11-16-20-15-7-5-4-6-14(15)17(23)21-16;/h4-7,12-13,19H,3,8-11H2,1-2H3,(H,20,21,23);1H/t12-,13-;/m0./s1. The molecule has 0 saturated carbocycles. The molecule has 1 fully saturated rings. The Labute approximate surface area is 153 Å². The van der Waals surface area contributed by atoms with E-state index < -0.39 is 0 Å². The first-order chi connectivity index (χ1) is 11.6. The van der Waals surface area contributed by atoms with Gasteiger partial charge in [-0.05, 0) is 45.4 Å². The number of halogens is 1. The molecule has 0 aliphatic carbocycles. The first kappa shape index (κ1) is 19.4. The summed E-state index contributed by atoms with van der Waals surface area (Å²) in [7, 11) is 0. The van der Waals surface area contributed by atoms with E-state index in [0.717, 1.165) is 19.4 Å². The topological polar surface area (TPSA) is 78.1 Å². The van der Waals surface area contributed by atoms with Crippen LogP contribution in [0.1, 0.15) is 32.5 Å². The fourth-order valence-electron chi connectivity index (χ4n) is 3.35. The Morgan fingerprint density at radius 1 is 1.36 bits per heavy atom. The molecular weight excluding hydrogens is 340 g/mol. The molecule has 0 spiro atoms. The van der Waals surface area contributed by atoms with Crippen LogP contribution in [-0.2, 0) is 11.3 Å². The summed E-state index contributed by atoms with van der Waals surface area (Å²) in [5, 5.41) is 3.94. The summed E-state index contributed by atoms with van der Waals surface area (Å²) in [5.74, 6) is 0.742. The molecular formula is C18H25ClN4O2. The number of fused-ring (bicyclic) bond motifs is 1. The third-order valence-electron chi connectivity index (χ3n) is 4.67. The highest BCUT2D eigenvalue weighted by Gasteiger charge is 2.28. The zero-order valence-corrected chi connectivity index (χ0v) is 15.4. The van der Waals surface area contributed by atoms with Crippen LogP contribution >= 0.6 is 12.4 Å². The van der Waals surface area contributed by atoms with E-state index in [1.54, 1.807) is 11.0 Å². The second-order valence-electron chi connectivity index (χ2n) is 6.46. The summed E-state index contributed by atoms with van der Waals surface area (Å²) in [6.07, 6.45) is 1.72. The number of H-pyrrole nitrogens is 1. The fourth-order valence-corrected chi connectivity index (χ4v) is 3.35. The van der Waals surface area contributed by atoms with Gasteiger partial charge in [-0.15, -0.1) is 12.4 Å². The minimum Gasteiger partial charge on any atom is -0.335 e. The molecule has 6 nitrogen and oxygen atoms in total. The average Bonchev–Trinajstić information content (AvgIpc) is 2.59. The van der Waals surface area contributed by atoms with Crippen molar-refractivity contribution in [1.29, 1.82) is 0 Å². The van der Waals surface area contributed by atoms with Crippen molar-refractivity contribution in [2.24, 2.45) is 5.92 Å². The highest BCUT2D eigenvalue weighted by atomic mass is 35.5. The number of para-hydroxylation sites is 1. The van der Waals surface area contributed by atoms with E-state index in [9.17, 15) is 9.59 Å². The first-order valence-corrected chi connectivity index (χ1v) is 8.58. The number of hydrogen-bond acceptors (Lipinski definition) is 4. The van der Waals surface area contributed by atoms with Gasteiger partial charge in [-0.2, -0.15) is 0 Å². The Balaban J connectivity index is 0.00000225. The maximum absolute atomic E-state index is 12.8. The Kier molecular flexibility index (Phi) is 6.56. The molecule has 0 radical (unpaired) electrons. The average molecular weight is 365 g/mol. The third kappa shape index (κ3) is 4.38. The van der Waals surface area contributed by atoms with Crippen molar-refractivity contribution in [2.75, 3.05) is 13.1 Å². The molecule has 7 heteroatoms. The predicted molar refractivity (Wildman–Crippen MR) is 101 cm³/mol. The van der Waals surface area contributed by atoms with Crippen LogP contribution in [0.5, 0.6) is 0 Å². The lowest BCUT2D eigenvalue weighted by molar-refractivity contribution is -0.137. The normalized spacial score (nSPS) is 20.1. The van der Waals surface area contributed by atoms with Crippen molar-refractivity contribution < 1.29 is 4.79 Å². The molecule has 0 bridgehead atoms. The van der Waals surface area contributed by atoms with E-state index in [-0.39, 0.29) is 29.8 Å². The van der Waals surface area contributed by atoms with E-state index in [2.05, 4.69) is 22.2 Å². The van der Waals surface area contributed by atoms with Gasteiger partial charge in [-0.25, -0.2) is 4.98 Å². The quantitative estimate of drug-likeness (QED) is 0.870. The Bertz CT molecular complexity index is 792. The molecule has 0 unspecified atom stereocenters. The van der Waals surface area contributed by atoms with Crippen LogP contribution in [0.15, 0.2) is 29.1 Å².